The monoisotopic (exact) mass is 362 g/mol. The zero-order valence-corrected chi connectivity index (χ0v) is 14.5. The van der Waals surface area contributed by atoms with E-state index >= 15 is 0 Å². The molecule has 2 aromatic carbocycles. The first-order chi connectivity index (χ1) is 11.9. The number of likely N-dealkylation sites (tertiary alicyclic amines) is 1. The number of hydrogen-bond donors (Lipinski definition) is 2. The van der Waals surface area contributed by atoms with Gasteiger partial charge in [-0.25, -0.2) is 4.39 Å². The van der Waals surface area contributed by atoms with Crippen LogP contribution in [0.15, 0.2) is 48.5 Å². The van der Waals surface area contributed by atoms with E-state index in [1.807, 2.05) is 17.0 Å². The molecule has 132 valence electrons. The molecule has 1 heterocycles. The molecular formula is C19H20ClFN2O2. The minimum Gasteiger partial charge on any atom is -0.385 e. The summed E-state index contributed by atoms with van der Waals surface area (Å²) in [5, 5.41) is 14.2. The van der Waals surface area contributed by atoms with Gasteiger partial charge in [0.1, 0.15) is 5.82 Å². The van der Waals surface area contributed by atoms with E-state index in [1.54, 1.807) is 12.1 Å². The van der Waals surface area contributed by atoms with Crippen LogP contribution in [0.25, 0.3) is 0 Å². The Hall–Kier alpha value is -1.95. The second kappa shape index (κ2) is 7.52. The van der Waals surface area contributed by atoms with Crippen molar-refractivity contribution in [2.75, 3.05) is 25.0 Å². The van der Waals surface area contributed by atoms with Crippen molar-refractivity contribution in [3.63, 3.8) is 0 Å². The summed E-state index contributed by atoms with van der Waals surface area (Å²) in [6.07, 6.45) is 1.11. The number of carbonyl (C=O) groups is 1. The highest BCUT2D eigenvalue weighted by atomic mass is 35.5. The van der Waals surface area contributed by atoms with E-state index in [2.05, 4.69) is 5.32 Å². The standard InChI is InChI=1S/C19H20ClFN2O2/c20-15-3-1-14(2-4-15)19(25)9-11-23(12-10-19)13-18(24)22-17-7-5-16(21)6-8-17/h1-8,25H,9-13H2,(H,22,24). The summed E-state index contributed by atoms with van der Waals surface area (Å²) >= 11 is 5.90. The van der Waals surface area contributed by atoms with Gasteiger partial charge in [0.2, 0.25) is 5.91 Å². The Kier molecular flexibility index (Phi) is 5.37. The van der Waals surface area contributed by atoms with E-state index in [4.69, 9.17) is 11.6 Å². The third kappa shape index (κ3) is 4.57. The number of hydrogen-bond acceptors (Lipinski definition) is 3. The normalized spacial score (nSPS) is 17.2. The molecule has 0 aromatic heterocycles. The van der Waals surface area contributed by atoms with Gasteiger partial charge >= 0.3 is 0 Å². The van der Waals surface area contributed by atoms with Crippen molar-refractivity contribution in [2.24, 2.45) is 0 Å². The first-order valence-corrected chi connectivity index (χ1v) is 8.59. The highest BCUT2D eigenvalue weighted by Gasteiger charge is 2.34. The molecule has 0 saturated carbocycles. The van der Waals surface area contributed by atoms with E-state index in [9.17, 15) is 14.3 Å². The van der Waals surface area contributed by atoms with Gasteiger partial charge in [-0.3, -0.25) is 9.69 Å². The lowest BCUT2D eigenvalue weighted by Gasteiger charge is -2.38. The van der Waals surface area contributed by atoms with Gasteiger partial charge in [0.15, 0.2) is 0 Å². The Bertz CT molecular complexity index is 726. The number of halogens is 2. The number of benzene rings is 2. The maximum absolute atomic E-state index is 12.9. The summed E-state index contributed by atoms with van der Waals surface area (Å²) in [6.45, 7) is 1.49. The maximum Gasteiger partial charge on any atom is 0.238 e. The first-order valence-electron chi connectivity index (χ1n) is 8.21. The lowest BCUT2D eigenvalue weighted by atomic mass is 9.84. The summed E-state index contributed by atoms with van der Waals surface area (Å²) in [6, 6.07) is 12.9. The lowest BCUT2D eigenvalue weighted by Crippen LogP contribution is -2.45. The predicted molar refractivity (Wildman–Crippen MR) is 96.1 cm³/mol. The van der Waals surface area contributed by atoms with E-state index in [1.165, 1.54) is 24.3 Å². The molecule has 0 atom stereocenters. The van der Waals surface area contributed by atoms with E-state index in [0.717, 1.165) is 5.56 Å². The molecule has 1 aliphatic heterocycles. The molecule has 1 fully saturated rings. The van der Waals surface area contributed by atoms with Crippen LogP contribution < -0.4 is 5.32 Å². The zero-order valence-electron chi connectivity index (χ0n) is 13.7. The summed E-state index contributed by atoms with van der Waals surface area (Å²) in [5.74, 6) is -0.487. The minimum absolute atomic E-state index is 0.149. The van der Waals surface area contributed by atoms with Crippen molar-refractivity contribution in [3.8, 4) is 0 Å². The molecule has 0 radical (unpaired) electrons. The van der Waals surface area contributed by atoms with Gasteiger partial charge < -0.3 is 10.4 Å². The van der Waals surface area contributed by atoms with Gasteiger partial charge in [0.05, 0.1) is 12.1 Å². The van der Waals surface area contributed by atoms with Crippen LogP contribution in [0.5, 0.6) is 0 Å². The van der Waals surface area contributed by atoms with Crippen LogP contribution in [0.2, 0.25) is 5.02 Å². The van der Waals surface area contributed by atoms with Gasteiger partial charge in [-0.05, 0) is 54.8 Å². The summed E-state index contributed by atoms with van der Waals surface area (Å²) in [7, 11) is 0. The summed E-state index contributed by atoms with van der Waals surface area (Å²) in [4.78, 5) is 14.1. The third-order valence-corrected chi connectivity index (χ3v) is 4.81. The molecular weight excluding hydrogens is 343 g/mol. The van der Waals surface area contributed by atoms with Crippen LogP contribution in [-0.4, -0.2) is 35.5 Å². The topological polar surface area (TPSA) is 52.6 Å². The number of nitrogens with zero attached hydrogens (tertiary/aromatic N) is 1. The average Bonchev–Trinajstić information content (AvgIpc) is 2.60. The molecule has 1 amide bonds. The van der Waals surface area contributed by atoms with E-state index < -0.39 is 5.60 Å². The maximum atomic E-state index is 12.9. The van der Waals surface area contributed by atoms with Gasteiger partial charge in [0.25, 0.3) is 0 Å². The summed E-state index contributed by atoms with van der Waals surface area (Å²) in [5.41, 5.74) is 0.544. The largest absolute Gasteiger partial charge is 0.385 e. The Morgan fingerprint density at radius 3 is 2.32 bits per heavy atom. The first kappa shape index (κ1) is 17.9. The molecule has 0 unspecified atom stereocenters. The van der Waals surface area contributed by atoms with Crippen LogP contribution in [0.3, 0.4) is 0 Å². The second-order valence-electron chi connectivity index (χ2n) is 6.37. The molecule has 0 aliphatic carbocycles. The summed E-state index contributed by atoms with van der Waals surface area (Å²) < 4.78 is 12.9. The van der Waals surface area contributed by atoms with Crippen LogP contribution in [0, 0.1) is 5.82 Å². The fourth-order valence-electron chi connectivity index (χ4n) is 3.07. The number of amides is 1. The van der Waals surface area contributed by atoms with Crippen LogP contribution in [0.1, 0.15) is 18.4 Å². The average molecular weight is 363 g/mol. The number of carbonyl (C=O) groups excluding carboxylic acids is 1. The molecule has 0 bridgehead atoms. The lowest BCUT2D eigenvalue weighted by molar-refractivity contribution is -0.118. The minimum atomic E-state index is -0.880. The smallest absolute Gasteiger partial charge is 0.238 e. The molecule has 2 aromatic rings. The molecule has 0 spiro atoms. The number of aliphatic hydroxyl groups is 1. The van der Waals surface area contributed by atoms with Gasteiger partial charge in [-0.1, -0.05) is 23.7 Å². The molecule has 6 heteroatoms. The predicted octanol–water partition coefficient (Wildman–Crippen LogP) is 3.40. The Labute approximate surface area is 151 Å². The van der Waals surface area contributed by atoms with Crippen molar-refractivity contribution in [3.05, 3.63) is 64.9 Å². The fraction of sp³-hybridized carbons (Fsp3) is 0.316. The molecule has 2 N–H and O–H groups in total. The second-order valence-corrected chi connectivity index (χ2v) is 6.81. The van der Waals surface area contributed by atoms with Gasteiger partial charge in [0, 0.05) is 23.8 Å². The number of rotatable bonds is 4. The number of anilines is 1. The fourth-order valence-corrected chi connectivity index (χ4v) is 3.19. The van der Waals surface area contributed by atoms with Crippen LogP contribution in [-0.2, 0) is 10.4 Å². The van der Waals surface area contributed by atoms with Crippen LogP contribution in [0.4, 0.5) is 10.1 Å². The van der Waals surface area contributed by atoms with Crippen molar-refractivity contribution in [2.45, 2.75) is 18.4 Å². The molecule has 4 nitrogen and oxygen atoms in total. The molecule has 3 rings (SSSR count). The number of piperidine rings is 1. The molecule has 1 saturated heterocycles. The van der Waals surface area contributed by atoms with Gasteiger partial charge in [-0.15, -0.1) is 0 Å². The third-order valence-electron chi connectivity index (χ3n) is 4.56. The quantitative estimate of drug-likeness (QED) is 0.876. The highest BCUT2D eigenvalue weighted by Crippen LogP contribution is 2.33. The SMILES string of the molecule is O=C(CN1CCC(O)(c2ccc(Cl)cc2)CC1)Nc1ccc(F)cc1. The Morgan fingerprint density at radius 1 is 1.12 bits per heavy atom. The van der Waals surface area contributed by atoms with Crippen molar-refractivity contribution < 1.29 is 14.3 Å². The molecule has 1 aliphatic rings. The van der Waals surface area contributed by atoms with Gasteiger partial charge in [-0.2, -0.15) is 0 Å². The van der Waals surface area contributed by atoms with Crippen molar-refractivity contribution in [1.82, 2.24) is 4.90 Å². The van der Waals surface area contributed by atoms with E-state index in [-0.39, 0.29) is 18.3 Å². The van der Waals surface area contributed by atoms with Crippen LogP contribution >= 0.6 is 11.6 Å². The highest BCUT2D eigenvalue weighted by molar-refractivity contribution is 6.30. The molecule has 25 heavy (non-hydrogen) atoms. The van der Waals surface area contributed by atoms with Crippen molar-refractivity contribution in [1.29, 1.82) is 0 Å². The Balaban J connectivity index is 1.52. The van der Waals surface area contributed by atoms with Crippen molar-refractivity contribution >= 4 is 23.2 Å². The zero-order chi connectivity index (χ0) is 17.9. The number of nitrogens with one attached hydrogen (secondary N) is 1. The van der Waals surface area contributed by atoms with E-state index in [0.29, 0.717) is 36.6 Å². The Morgan fingerprint density at radius 2 is 1.72 bits per heavy atom.